The van der Waals surface area contributed by atoms with Crippen LogP contribution in [0.2, 0.25) is 0 Å². The van der Waals surface area contributed by atoms with Gasteiger partial charge in [-0.3, -0.25) is 24.0 Å². The number of phenolic OH excluding ortho intramolecular Hbond substituents is 1. The molecule has 4 fully saturated rings. The molecule has 3 aromatic heterocycles. The zero-order chi connectivity index (χ0) is 38.5. The second kappa shape index (κ2) is 14.7. The van der Waals surface area contributed by atoms with Crippen molar-refractivity contribution in [3.63, 3.8) is 0 Å². The number of rotatable bonds is 9. The zero-order valence-corrected chi connectivity index (χ0v) is 31.5. The number of imidazole rings is 1. The summed E-state index contributed by atoms with van der Waals surface area (Å²) in [6.07, 6.45) is 10.8. The van der Waals surface area contributed by atoms with Crippen molar-refractivity contribution in [3.8, 4) is 17.0 Å². The minimum Gasteiger partial charge on any atom is -0.507 e. The van der Waals surface area contributed by atoms with Crippen LogP contribution >= 0.6 is 0 Å². The van der Waals surface area contributed by atoms with Gasteiger partial charge in [0.25, 0.3) is 0 Å². The van der Waals surface area contributed by atoms with Crippen LogP contribution in [-0.4, -0.2) is 95.9 Å². The number of piperazine rings is 1. The lowest BCUT2D eigenvalue weighted by Gasteiger charge is -2.42. The number of anilines is 3. The molecule has 7 heterocycles. The predicted octanol–water partition coefficient (Wildman–Crippen LogP) is 3.52. The first-order valence-corrected chi connectivity index (χ1v) is 19.7. The monoisotopic (exact) mass is 757 g/mol. The number of benzene rings is 2. The molecule has 4 saturated heterocycles. The maximum absolute atomic E-state index is 13.2. The molecule has 15 heteroatoms. The van der Waals surface area contributed by atoms with E-state index in [0.717, 1.165) is 94.0 Å². The molecule has 4 unspecified atom stereocenters. The van der Waals surface area contributed by atoms with Gasteiger partial charge in [0.15, 0.2) is 5.82 Å². The number of hydrogen-bond acceptors (Lipinski definition) is 12. The van der Waals surface area contributed by atoms with Gasteiger partial charge in [0.2, 0.25) is 17.8 Å². The maximum Gasteiger partial charge on any atom is 0.329 e. The molecule has 0 radical (unpaired) electrons. The van der Waals surface area contributed by atoms with Crippen LogP contribution in [-0.2, 0) is 23.1 Å². The van der Waals surface area contributed by atoms with E-state index < -0.39 is 11.9 Å². The smallest absolute Gasteiger partial charge is 0.329 e. The number of nitrogens with one attached hydrogen (secondary N) is 1. The average Bonchev–Trinajstić information content (AvgIpc) is 3.61. The van der Waals surface area contributed by atoms with Crippen molar-refractivity contribution in [3.05, 3.63) is 82.5 Å². The maximum atomic E-state index is 13.2. The topological polar surface area (TPSA) is 181 Å². The van der Waals surface area contributed by atoms with Gasteiger partial charge >= 0.3 is 5.69 Å². The lowest BCUT2D eigenvalue weighted by Crippen LogP contribution is -2.54. The fraction of sp³-hybridized carbons (Fsp3) is 0.439. The number of nitrogens with zero attached hydrogens (tertiary/aromatic N) is 9. The van der Waals surface area contributed by atoms with E-state index in [9.17, 15) is 19.5 Å². The summed E-state index contributed by atoms with van der Waals surface area (Å²) in [6, 6.07) is 14.9. The summed E-state index contributed by atoms with van der Waals surface area (Å²) in [6.45, 7) is 4.56. The molecular formula is C41H47N11O4. The van der Waals surface area contributed by atoms with Crippen LogP contribution in [0.25, 0.3) is 22.3 Å². The van der Waals surface area contributed by atoms with Crippen molar-refractivity contribution in [2.24, 2.45) is 7.05 Å². The number of amides is 2. The Labute approximate surface area is 324 Å². The lowest BCUT2D eigenvalue weighted by molar-refractivity contribution is -0.135. The molecule has 15 nitrogen and oxygen atoms in total. The summed E-state index contributed by atoms with van der Waals surface area (Å²) in [5, 5.41) is 21.3. The number of nitrogen functional groups attached to an aromatic ring is 1. The largest absolute Gasteiger partial charge is 0.507 e. The highest BCUT2D eigenvalue weighted by Gasteiger charge is 2.42. The van der Waals surface area contributed by atoms with Crippen molar-refractivity contribution in [2.75, 3.05) is 48.3 Å². The van der Waals surface area contributed by atoms with Crippen LogP contribution in [0.3, 0.4) is 0 Å². The summed E-state index contributed by atoms with van der Waals surface area (Å²) < 4.78 is 3.13. The number of fused-ring (bicyclic) bond motifs is 3. The molecule has 4 atom stereocenters. The Morgan fingerprint density at radius 3 is 2.46 bits per heavy atom. The summed E-state index contributed by atoms with van der Waals surface area (Å²) in [5.74, 6) is 0.990. The molecule has 9 rings (SSSR count). The Balaban J connectivity index is 0.811. The normalized spacial score (nSPS) is 22.9. The summed E-state index contributed by atoms with van der Waals surface area (Å²) in [4.78, 5) is 54.5. The highest BCUT2D eigenvalue weighted by Crippen LogP contribution is 2.38. The van der Waals surface area contributed by atoms with Gasteiger partial charge in [-0.1, -0.05) is 18.2 Å². The number of carbonyl (C=O) groups excluding carboxylic acids is 2. The Morgan fingerprint density at radius 2 is 1.70 bits per heavy atom. The Kier molecular flexibility index (Phi) is 9.39. The van der Waals surface area contributed by atoms with Crippen LogP contribution in [0.1, 0.15) is 68.0 Å². The molecule has 5 aromatic rings. The van der Waals surface area contributed by atoms with Crippen LogP contribution in [0, 0.1) is 0 Å². The molecule has 2 bridgehead atoms. The molecule has 0 saturated carbocycles. The minimum atomic E-state index is -0.682. The molecule has 56 heavy (non-hydrogen) atoms. The highest BCUT2D eigenvalue weighted by atomic mass is 16.3. The quantitative estimate of drug-likeness (QED) is 0.187. The minimum absolute atomic E-state index is 0.160. The Hall–Kier alpha value is -5.83. The van der Waals surface area contributed by atoms with Gasteiger partial charge < -0.3 is 25.5 Å². The Bertz CT molecular complexity index is 2340. The zero-order valence-electron chi connectivity index (χ0n) is 31.5. The number of carbonyl (C=O) groups is 2. The molecule has 290 valence electrons. The van der Waals surface area contributed by atoms with Crippen molar-refractivity contribution >= 4 is 40.3 Å². The van der Waals surface area contributed by atoms with E-state index in [2.05, 4.69) is 36.3 Å². The van der Waals surface area contributed by atoms with Crippen LogP contribution < -0.4 is 26.5 Å². The molecule has 4 N–H and O–H groups in total. The van der Waals surface area contributed by atoms with Gasteiger partial charge in [0.1, 0.15) is 11.8 Å². The number of piperidine rings is 2. The van der Waals surface area contributed by atoms with Gasteiger partial charge in [-0.25, -0.2) is 14.8 Å². The molecule has 4 aliphatic rings. The summed E-state index contributed by atoms with van der Waals surface area (Å²) in [7, 11) is 1.74. The van der Waals surface area contributed by atoms with E-state index in [-0.39, 0.29) is 35.9 Å². The standard InChI is InChI=1S/C41H47N11O4/c1-48-34-18-25(10-13-32(34)52(41(48)56)33-14-15-37(54)45-39(33)55)6-4-16-49-17-5-7-26(22-49)27-20-43-40(44-21-27)51-28-11-12-29(51)24-50(23-28)35-19-31(46-47-38(35)42)30-8-2-3-9-36(30)53/h2-3,8-10,13,18-21,26,28-29,33,53H,4-7,11-12,14-17,22-24H2,1H3,(H2,42,47)(H,45,54,55). The van der Waals surface area contributed by atoms with E-state index in [1.165, 1.54) is 10.1 Å². The SMILES string of the molecule is Cn1c(=O)n(C2CCC(=O)NC2=O)c2ccc(CCCN3CCCC(c4cnc(N5C6CCC5CN(c5cc(-c7ccccc7O)nnc5N)C6)nc4)C3)cc21. The molecule has 4 aliphatic heterocycles. The van der Waals surface area contributed by atoms with E-state index >= 15 is 0 Å². The molecular weight excluding hydrogens is 711 g/mol. The fourth-order valence-electron chi connectivity index (χ4n) is 9.40. The first-order chi connectivity index (χ1) is 27.2. The van der Waals surface area contributed by atoms with Gasteiger partial charge in [0, 0.05) is 63.1 Å². The van der Waals surface area contributed by atoms with E-state index in [0.29, 0.717) is 34.9 Å². The predicted molar refractivity (Wildman–Crippen MR) is 212 cm³/mol. The first-order valence-electron chi connectivity index (χ1n) is 19.7. The second-order valence-electron chi connectivity index (χ2n) is 15.8. The number of aryl methyl sites for hydroxylation is 2. The summed E-state index contributed by atoms with van der Waals surface area (Å²) >= 11 is 0. The second-order valence-corrected chi connectivity index (χ2v) is 15.8. The average molecular weight is 758 g/mol. The van der Waals surface area contributed by atoms with Gasteiger partial charge in [0.05, 0.1) is 22.4 Å². The van der Waals surface area contributed by atoms with Gasteiger partial charge in [-0.05, 0) is 105 Å². The highest BCUT2D eigenvalue weighted by molar-refractivity contribution is 6.00. The molecule has 2 amide bonds. The first kappa shape index (κ1) is 35.8. The number of para-hydroxylation sites is 1. The third kappa shape index (κ3) is 6.63. The van der Waals surface area contributed by atoms with E-state index in [4.69, 9.17) is 15.7 Å². The van der Waals surface area contributed by atoms with Crippen molar-refractivity contribution in [2.45, 2.75) is 75.4 Å². The summed E-state index contributed by atoms with van der Waals surface area (Å²) in [5.41, 5.74) is 12.0. The van der Waals surface area contributed by atoms with E-state index in [1.807, 2.05) is 42.7 Å². The van der Waals surface area contributed by atoms with Crippen LogP contribution in [0.15, 0.2) is 65.7 Å². The number of hydrogen-bond donors (Lipinski definition) is 3. The van der Waals surface area contributed by atoms with Crippen LogP contribution in [0.5, 0.6) is 5.75 Å². The Morgan fingerprint density at radius 1 is 0.911 bits per heavy atom. The van der Waals surface area contributed by atoms with E-state index in [1.54, 1.807) is 23.7 Å². The number of likely N-dealkylation sites (tertiary alicyclic amines) is 1. The molecule has 2 aromatic carbocycles. The number of phenols is 1. The lowest BCUT2D eigenvalue weighted by atomic mass is 9.92. The number of imide groups is 1. The fourth-order valence-corrected chi connectivity index (χ4v) is 9.40. The third-order valence-corrected chi connectivity index (χ3v) is 12.3. The number of nitrogens with two attached hydrogens (primary N) is 1. The third-order valence-electron chi connectivity index (χ3n) is 12.3. The number of aromatic hydroxyl groups is 1. The molecule has 0 spiro atoms. The van der Waals surface area contributed by atoms with Gasteiger partial charge in [-0.2, -0.15) is 0 Å². The van der Waals surface area contributed by atoms with Gasteiger partial charge in [-0.15, -0.1) is 10.2 Å². The number of aromatic nitrogens is 6. The van der Waals surface area contributed by atoms with Crippen molar-refractivity contribution in [1.29, 1.82) is 0 Å². The van der Waals surface area contributed by atoms with Crippen molar-refractivity contribution in [1.82, 2.24) is 39.5 Å². The molecule has 0 aliphatic carbocycles. The van der Waals surface area contributed by atoms with Crippen molar-refractivity contribution < 1.29 is 14.7 Å². The van der Waals surface area contributed by atoms with Crippen LogP contribution in [0.4, 0.5) is 17.5 Å².